The maximum atomic E-state index is 12.1. The lowest BCUT2D eigenvalue weighted by molar-refractivity contribution is 0.0787. The second-order valence-electron chi connectivity index (χ2n) is 3.99. The molecule has 0 saturated heterocycles. The minimum absolute atomic E-state index is 0.0922. The highest BCUT2D eigenvalue weighted by molar-refractivity contribution is 5.93. The van der Waals surface area contributed by atoms with Crippen molar-refractivity contribution in [2.24, 2.45) is 0 Å². The van der Waals surface area contributed by atoms with Gasteiger partial charge in [0.15, 0.2) is 0 Å². The summed E-state index contributed by atoms with van der Waals surface area (Å²) in [6, 6.07) is 3.71. The van der Waals surface area contributed by atoms with Crippen LogP contribution in [0.5, 0.6) is 0 Å². The van der Waals surface area contributed by atoms with Gasteiger partial charge in [0.1, 0.15) is 5.69 Å². The van der Waals surface area contributed by atoms with Crippen LogP contribution in [0.25, 0.3) is 0 Å². The van der Waals surface area contributed by atoms with Gasteiger partial charge >= 0.3 is 0 Å². The molecular weight excluding hydrogens is 216 g/mol. The highest BCUT2D eigenvalue weighted by Gasteiger charge is 2.16. The molecule has 0 aliphatic carbocycles. The van der Waals surface area contributed by atoms with Crippen molar-refractivity contribution in [1.29, 1.82) is 5.26 Å². The first-order valence-corrected chi connectivity index (χ1v) is 5.68. The third kappa shape index (κ3) is 3.25. The maximum Gasteiger partial charge on any atom is 0.270 e. The SMILES string of the molecule is CCCn1cc(N)cc1C(=O)N(C)CCC#N. The van der Waals surface area contributed by atoms with Gasteiger partial charge in [-0.1, -0.05) is 6.92 Å². The molecule has 0 aliphatic heterocycles. The Morgan fingerprint density at radius 3 is 2.94 bits per heavy atom. The molecule has 0 atom stereocenters. The molecule has 0 aromatic carbocycles. The molecule has 0 fully saturated rings. The van der Waals surface area contributed by atoms with Crippen LogP contribution in [0.2, 0.25) is 0 Å². The second-order valence-corrected chi connectivity index (χ2v) is 3.99. The fourth-order valence-corrected chi connectivity index (χ4v) is 1.65. The van der Waals surface area contributed by atoms with Crippen molar-refractivity contribution in [3.05, 3.63) is 18.0 Å². The molecule has 1 rings (SSSR count). The van der Waals surface area contributed by atoms with E-state index >= 15 is 0 Å². The van der Waals surface area contributed by atoms with Gasteiger partial charge in [-0.2, -0.15) is 5.26 Å². The van der Waals surface area contributed by atoms with Crippen LogP contribution in [0.3, 0.4) is 0 Å². The van der Waals surface area contributed by atoms with Gasteiger partial charge in [0.05, 0.1) is 18.2 Å². The Balaban J connectivity index is 2.84. The summed E-state index contributed by atoms with van der Waals surface area (Å²) in [6.07, 6.45) is 3.05. The number of aromatic nitrogens is 1. The topological polar surface area (TPSA) is 75.0 Å². The number of nitrogen functional groups attached to an aromatic ring is 1. The molecule has 0 radical (unpaired) electrons. The molecule has 5 nitrogen and oxygen atoms in total. The van der Waals surface area contributed by atoms with Crippen LogP contribution in [-0.2, 0) is 6.54 Å². The van der Waals surface area contributed by atoms with E-state index in [4.69, 9.17) is 11.0 Å². The highest BCUT2D eigenvalue weighted by atomic mass is 16.2. The number of carbonyl (C=O) groups is 1. The zero-order valence-electron chi connectivity index (χ0n) is 10.3. The third-order valence-electron chi connectivity index (χ3n) is 2.51. The molecule has 0 saturated carbocycles. The number of hydrogen-bond donors (Lipinski definition) is 1. The average Bonchev–Trinajstić information content (AvgIpc) is 2.66. The lowest BCUT2D eigenvalue weighted by Crippen LogP contribution is -2.29. The van der Waals surface area contributed by atoms with Crippen molar-refractivity contribution in [3.8, 4) is 6.07 Å². The van der Waals surface area contributed by atoms with Crippen LogP contribution in [0.15, 0.2) is 12.3 Å². The van der Waals surface area contributed by atoms with E-state index in [1.54, 1.807) is 24.2 Å². The van der Waals surface area contributed by atoms with Crippen LogP contribution in [0.4, 0.5) is 5.69 Å². The number of nitrogens with two attached hydrogens (primary N) is 1. The zero-order valence-corrected chi connectivity index (χ0v) is 10.3. The Morgan fingerprint density at radius 1 is 1.65 bits per heavy atom. The van der Waals surface area contributed by atoms with E-state index in [-0.39, 0.29) is 5.91 Å². The molecule has 1 amide bonds. The number of amides is 1. The average molecular weight is 234 g/mol. The number of nitriles is 1. The van der Waals surface area contributed by atoms with Gasteiger partial charge in [-0.3, -0.25) is 4.79 Å². The molecule has 0 aliphatic rings. The number of rotatable bonds is 5. The number of aryl methyl sites for hydroxylation is 1. The standard InChI is InChI=1S/C12H18N4O/c1-3-6-16-9-10(14)8-11(16)12(17)15(2)7-4-5-13/h8-9H,3-4,6-7,14H2,1-2H3. The predicted octanol–water partition coefficient (Wildman–Crippen LogP) is 1.47. The molecule has 17 heavy (non-hydrogen) atoms. The Kier molecular flexibility index (Phi) is 4.58. The van der Waals surface area contributed by atoms with Crippen molar-refractivity contribution >= 4 is 11.6 Å². The van der Waals surface area contributed by atoms with Crippen molar-refractivity contribution in [1.82, 2.24) is 9.47 Å². The van der Waals surface area contributed by atoms with Gasteiger partial charge in [0, 0.05) is 26.3 Å². The summed E-state index contributed by atoms with van der Waals surface area (Å²) in [7, 11) is 1.69. The summed E-state index contributed by atoms with van der Waals surface area (Å²) in [5.74, 6) is -0.0922. The molecule has 92 valence electrons. The van der Waals surface area contributed by atoms with Crippen molar-refractivity contribution in [2.75, 3.05) is 19.3 Å². The van der Waals surface area contributed by atoms with Gasteiger partial charge < -0.3 is 15.2 Å². The summed E-state index contributed by atoms with van der Waals surface area (Å²) in [4.78, 5) is 13.6. The molecule has 0 unspecified atom stereocenters. The Bertz CT molecular complexity index is 430. The van der Waals surface area contributed by atoms with E-state index in [0.717, 1.165) is 13.0 Å². The lowest BCUT2D eigenvalue weighted by atomic mass is 10.3. The van der Waals surface area contributed by atoms with E-state index < -0.39 is 0 Å². The molecule has 2 N–H and O–H groups in total. The molecular formula is C12H18N4O. The smallest absolute Gasteiger partial charge is 0.270 e. The van der Waals surface area contributed by atoms with Crippen LogP contribution in [0.1, 0.15) is 30.3 Å². The second kappa shape index (κ2) is 5.94. The lowest BCUT2D eigenvalue weighted by Gasteiger charge is -2.16. The minimum Gasteiger partial charge on any atom is -0.397 e. The molecule has 1 heterocycles. The van der Waals surface area contributed by atoms with Crippen LogP contribution < -0.4 is 5.73 Å². The minimum atomic E-state index is -0.0922. The van der Waals surface area contributed by atoms with E-state index in [1.807, 2.05) is 17.6 Å². The molecule has 1 aromatic heterocycles. The molecule has 1 aromatic rings. The quantitative estimate of drug-likeness (QED) is 0.838. The van der Waals surface area contributed by atoms with Gasteiger partial charge in [0.25, 0.3) is 5.91 Å². The predicted molar refractivity (Wildman–Crippen MR) is 66.3 cm³/mol. The van der Waals surface area contributed by atoms with Gasteiger partial charge in [-0.05, 0) is 12.5 Å². The maximum absolute atomic E-state index is 12.1. The van der Waals surface area contributed by atoms with Gasteiger partial charge in [0.2, 0.25) is 0 Å². The number of carbonyl (C=O) groups excluding carboxylic acids is 1. The fourth-order valence-electron chi connectivity index (χ4n) is 1.65. The van der Waals surface area contributed by atoms with E-state index in [9.17, 15) is 4.79 Å². The van der Waals surface area contributed by atoms with E-state index in [1.165, 1.54) is 0 Å². The van der Waals surface area contributed by atoms with Crippen LogP contribution >= 0.6 is 0 Å². The van der Waals surface area contributed by atoms with Crippen molar-refractivity contribution < 1.29 is 4.79 Å². The summed E-state index contributed by atoms with van der Waals surface area (Å²) in [5.41, 5.74) is 6.88. The summed E-state index contributed by atoms with van der Waals surface area (Å²) in [5, 5.41) is 8.50. The first kappa shape index (κ1) is 13.1. The largest absolute Gasteiger partial charge is 0.397 e. The van der Waals surface area contributed by atoms with Crippen molar-refractivity contribution in [3.63, 3.8) is 0 Å². The molecule has 5 heteroatoms. The zero-order chi connectivity index (χ0) is 12.8. The highest BCUT2D eigenvalue weighted by Crippen LogP contribution is 2.13. The van der Waals surface area contributed by atoms with Gasteiger partial charge in [-0.25, -0.2) is 0 Å². The molecule has 0 bridgehead atoms. The first-order chi connectivity index (χ1) is 8.10. The fraction of sp³-hybridized carbons (Fsp3) is 0.500. The third-order valence-corrected chi connectivity index (χ3v) is 2.51. The number of anilines is 1. The van der Waals surface area contributed by atoms with Crippen LogP contribution in [0, 0.1) is 11.3 Å². The van der Waals surface area contributed by atoms with E-state index in [0.29, 0.717) is 24.3 Å². The normalized spacial score (nSPS) is 9.94. The van der Waals surface area contributed by atoms with E-state index in [2.05, 4.69) is 0 Å². The van der Waals surface area contributed by atoms with Gasteiger partial charge in [-0.15, -0.1) is 0 Å². The first-order valence-electron chi connectivity index (χ1n) is 5.68. The Morgan fingerprint density at radius 2 is 2.35 bits per heavy atom. The Labute approximate surface area is 101 Å². The summed E-state index contributed by atoms with van der Waals surface area (Å²) < 4.78 is 1.86. The summed E-state index contributed by atoms with van der Waals surface area (Å²) in [6.45, 7) is 3.25. The Hall–Kier alpha value is -1.96. The summed E-state index contributed by atoms with van der Waals surface area (Å²) >= 11 is 0. The van der Waals surface area contributed by atoms with Crippen LogP contribution in [-0.4, -0.2) is 29.0 Å². The monoisotopic (exact) mass is 234 g/mol. The molecule has 0 spiro atoms. The number of nitrogens with zero attached hydrogens (tertiary/aromatic N) is 3. The van der Waals surface area contributed by atoms with Crippen molar-refractivity contribution in [2.45, 2.75) is 26.3 Å². The number of hydrogen-bond acceptors (Lipinski definition) is 3.